The summed E-state index contributed by atoms with van der Waals surface area (Å²) >= 11 is 0. The van der Waals surface area contributed by atoms with Crippen LogP contribution in [0.25, 0.3) is 0 Å². The molecular weight excluding hydrogens is 288 g/mol. The number of piperidine rings is 1. The van der Waals surface area contributed by atoms with Gasteiger partial charge in [0.1, 0.15) is 5.82 Å². The molecule has 116 valence electrons. The lowest BCUT2D eigenvalue weighted by Gasteiger charge is -2.28. The fourth-order valence-electron chi connectivity index (χ4n) is 2.41. The standard InChI is InChI=1S/C14H16F4N2O/c1-8-4-10(7-19-6-8)20-13(21)11-5-9(14(16,17)18)2-3-12(11)15/h2-3,5,8,10,19H,4,6-7H2,1H3,(H,20,21). The van der Waals surface area contributed by atoms with Crippen LogP contribution in [0.5, 0.6) is 0 Å². The van der Waals surface area contributed by atoms with Crippen molar-refractivity contribution in [3.63, 3.8) is 0 Å². The molecule has 0 aliphatic carbocycles. The van der Waals surface area contributed by atoms with E-state index >= 15 is 0 Å². The highest BCUT2D eigenvalue weighted by Gasteiger charge is 2.32. The summed E-state index contributed by atoms with van der Waals surface area (Å²) in [5, 5.41) is 5.68. The monoisotopic (exact) mass is 304 g/mol. The van der Waals surface area contributed by atoms with Gasteiger partial charge in [-0.3, -0.25) is 4.79 Å². The Morgan fingerprint density at radius 1 is 1.33 bits per heavy atom. The first-order valence-corrected chi connectivity index (χ1v) is 6.65. The Labute approximate surface area is 119 Å². The van der Waals surface area contributed by atoms with Gasteiger partial charge < -0.3 is 10.6 Å². The Bertz CT molecular complexity index is 530. The van der Waals surface area contributed by atoms with Crippen LogP contribution in [0.4, 0.5) is 17.6 Å². The second-order valence-corrected chi connectivity index (χ2v) is 5.36. The average Bonchev–Trinajstić information content (AvgIpc) is 2.37. The van der Waals surface area contributed by atoms with E-state index in [9.17, 15) is 22.4 Å². The van der Waals surface area contributed by atoms with Gasteiger partial charge in [-0.1, -0.05) is 6.92 Å². The summed E-state index contributed by atoms with van der Waals surface area (Å²) in [5.74, 6) is -1.44. The maximum atomic E-state index is 13.6. The molecule has 1 fully saturated rings. The van der Waals surface area contributed by atoms with Crippen molar-refractivity contribution in [3.8, 4) is 0 Å². The topological polar surface area (TPSA) is 41.1 Å². The fraction of sp³-hybridized carbons (Fsp3) is 0.500. The maximum absolute atomic E-state index is 13.6. The summed E-state index contributed by atoms with van der Waals surface area (Å²) in [4.78, 5) is 12.0. The molecule has 2 unspecified atom stereocenters. The second kappa shape index (κ2) is 6.01. The number of benzene rings is 1. The van der Waals surface area contributed by atoms with Gasteiger partial charge in [0.25, 0.3) is 5.91 Å². The van der Waals surface area contributed by atoms with E-state index in [0.29, 0.717) is 37.1 Å². The number of carbonyl (C=O) groups excluding carboxylic acids is 1. The molecule has 0 radical (unpaired) electrons. The molecule has 2 N–H and O–H groups in total. The number of carbonyl (C=O) groups is 1. The minimum absolute atomic E-state index is 0.213. The van der Waals surface area contributed by atoms with Gasteiger partial charge in [0.2, 0.25) is 0 Å². The molecule has 1 aromatic rings. The Hall–Kier alpha value is -1.63. The predicted octanol–water partition coefficient (Wildman–Crippen LogP) is 2.57. The summed E-state index contributed by atoms with van der Waals surface area (Å²) in [6.45, 7) is 3.34. The van der Waals surface area contributed by atoms with Crippen molar-refractivity contribution >= 4 is 5.91 Å². The van der Waals surface area contributed by atoms with Gasteiger partial charge in [0, 0.05) is 12.6 Å². The zero-order chi connectivity index (χ0) is 15.6. The van der Waals surface area contributed by atoms with E-state index in [1.165, 1.54) is 0 Å². The number of nitrogens with one attached hydrogen (secondary N) is 2. The molecule has 3 nitrogen and oxygen atoms in total. The van der Waals surface area contributed by atoms with Crippen molar-refractivity contribution in [2.45, 2.75) is 25.6 Å². The van der Waals surface area contributed by atoms with Crippen molar-refractivity contribution < 1.29 is 22.4 Å². The molecular formula is C14H16F4N2O. The van der Waals surface area contributed by atoms with Gasteiger partial charge in [0.15, 0.2) is 0 Å². The third-order valence-electron chi connectivity index (χ3n) is 3.44. The lowest BCUT2D eigenvalue weighted by Crippen LogP contribution is -2.48. The summed E-state index contributed by atoms with van der Waals surface area (Å²) < 4.78 is 51.4. The van der Waals surface area contributed by atoms with Crippen molar-refractivity contribution in [1.82, 2.24) is 10.6 Å². The van der Waals surface area contributed by atoms with E-state index in [-0.39, 0.29) is 6.04 Å². The van der Waals surface area contributed by atoms with Crippen molar-refractivity contribution in [2.24, 2.45) is 5.92 Å². The third-order valence-corrected chi connectivity index (χ3v) is 3.44. The Kier molecular flexibility index (Phi) is 4.51. The van der Waals surface area contributed by atoms with Crippen molar-refractivity contribution in [1.29, 1.82) is 0 Å². The summed E-state index contributed by atoms with van der Waals surface area (Å²) in [6, 6.07) is 1.62. The van der Waals surface area contributed by atoms with E-state index in [4.69, 9.17) is 0 Å². The molecule has 0 aromatic heterocycles. The summed E-state index contributed by atoms with van der Waals surface area (Å²) in [6.07, 6.45) is -3.90. The SMILES string of the molecule is CC1CNCC(NC(=O)c2cc(C(F)(F)F)ccc2F)C1. The number of rotatable bonds is 2. The first-order valence-electron chi connectivity index (χ1n) is 6.65. The molecule has 1 aromatic carbocycles. The zero-order valence-corrected chi connectivity index (χ0v) is 11.4. The molecule has 1 aliphatic rings. The highest BCUT2D eigenvalue weighted by Crippen LogP contribution is 2.30. The highest BCUT2D eigenvalue weighted by atomic mass is 19.4. The number of halogens is 4. The molecule has 1 aliphatic heterocycles. The highest BCUT2D eigenvalue weighted by molar-refractivity contribution is 5.94. The predicted molar refractivity (Wildman–Crippen MR) is 69.3 cm³/mol. The molecule has 1 amide bonds. The Balaban J connectivity index is 2.15. The fourth-order valence-corrected chi connectivity index (χ4v) is 2.41. The quantitative estimate of drug-likeness (QED) is 0.825. The Morgan fingerprint density at radius 3 is 2.67 bits per heavy atom. The second-order valence-electron chi connectivity index (χ2n) is 5.36. The smallest absolute Gasteiger partial charge is 0.348 e. The van der Waals surface area contributed by atoms with Crippen LogP contribution < -0.4 is 10.6 Å². The summed E-state index contributed by atoms with van der Waals surface area (Å²) in [7, 11) is 0. The molecule has 0 spiro atoms. The minimum atomic E-state index is -4.61. The molecule has 0 bridgehead atoms. The maximum Gasteiger partial charge on any atom is 0.416 e. The van der Waals surface area contributed by atoms with Crippen molar-refractivity contribution in [3.05, 3.63) is 35.1 Å². The molecule has 1 heterocycles. The molecule has 2 rings (SSSR count). The summed E-state index contributed by atoms with van der Waals surface area (Å²) in [5.41, 5.74) is -1.62. The zero-order valence-electron chi connectivity index (χ0n) is 11.4. The van der Waals surface area contributed by atoms with Crippen LogP contribution in [0.15, 0.2) is 18.2 Å². The van der Waals surface area contributed by atoms with Gasteiger partial charge in [0.05, 0.1) is 11.1 Å². The van der Waals surface area contributed by atoms with E-state index in [0.717, 1.165) is 6.54 Å². The third kappa shape index (κ3) is 3.93. The molecule has 7 heteroatoms. The number of hydrogen-bond donors (Lipinski definition) is 2. The van der Waals surface area contributed by atoms with Gasteiger partial charge in [-0.15, -0.1) is 0 Å². The van der Waals surface area contributed by atoms with Gasteiger partial charge in [-0.2, -0.15) is 13.2 Å². The van der Waals surface area contributed by atoms with Crippen LogP contribution in [-0.2, 0) is 6.18 Å². The number of alkyl halides is 3. The minimum Gasteiger partial charge on any atom is -0.348 e. The van der Waals surface area contributed by atoms with Crippen molar-refractivity contribution in [2.75, 3.05) is 13.1 Å². The first kappa shape index (κ1) is 15.8. The van der Waals surface area contributed by atoms with Gasteiger partial charge in [-0.25, -0.2) is 4.39 Å². The van der Waals surface area contributed by atoms with Gasteiger partial charge in [-0.05, 0) is 37.1 Å². The van der Waals surface area contributed by atoms with E-state index in [1.807, 2.05) is 6.92 Å². The Morgan fingerprint density at radius 2 is 2.05 bits per heavy atom. The van der Waals surface area contributed by atoms with Crippen LogP contribution in [0, 0.1) is 11.7 Å². The average molecular weight is 304 g/mol. The number of amides is 1. The first-order chi connectivity index (χ1) is 9.77. The number of hydrogen-bond acceptors (Lipinski definition) is 2. The molecule has 21 heavy (non-hydrogen) atoms. The van der Waals surface area contributed by atoms with E-state index < -0.39 is 29.0 Å². The largest absolute Gasteiger partial charge is 0.416 e. The van der Waals surface area contributed by atoms with Crippen LogP contribution in [0.1, 0.15) is 29.3 Å². The molecule has 2 atom stereocenters. The van der Waals surface area contributed by atoms with E-state index in [1.54, 1.807) is 0 Å². The normalized spacial score (nSPS) is 22.9. The van der Waals surface area contributed by atoms with Crippen LogP contribution in [-0.4, -0.2) is 25.0 Å². The van der Waals surface area contributed by atoms with Crippen LogP contribution in [0.2, 0.25) is 0 Å². The van der Waals surface area contributed by atoms with Crippen LogP contribution in [0.3, 0.4) is 0 Å². The lowest BCUT2D eigenvalue weighted by atomic mass is 9.97. The molecule has 0 saturated carbocycles. The molecule has 1 saturated heterocycles. The van der Waals surface area contributed by atoms with Crippen LogP contribution >= 0.6 is 0 Å². The van der Waals surface area contributed by atoms with E-state index in [2.05, 4.69) is 10.6 Å². The van der Waals surface area contributed by atoms with Gasteiger partial charge >= 0.3 is 6.18 Å². The lowest BCUT2D eigenvalue weighted by molar-refractivity contribution is -0.137.